The Morgan fingerprint density at radius 2 is 2.20 bits per heavy atom. The maximum absolute atomic E-state index is 10.1. The molecule has 0 fully saturated rings. The van der Waals surface area contributed by atoms with E-state index in [1.807, 2.05) is 29.6 Å². The highest BCUT2D eigenvalue weighted by Crippen LogP contribution is 2.31. The van der Waals surface area contributed by atoms with Crippen LogP contribution in [0.15, 0.2) is 41.9 Å². The van der Waals surface area contributed by atoms with Crippen molar-refractivity contribution in [2.75, 3.05) is 12.4 Å². The Balaban J connectivity index is 1.85. The molecule has 0 aliphatic rings. The molecular weight excluding hydrogens is 272 g/mol. The number of anilines is 1. The number of rotatable bonds is 4. The molecule has 5 heteroatoms. The van der Waals surface area contributed by atoms with E-state index in [2.05, 4.69) is 10.3 Å². The summed E-state index contributed by atoms with van der Waals surface area (Å²) in [5.41, 5.74) is 2.80. The highest BCUT2D eigenvalue weighted by molar-refractivity contribution is 7.17. The molecule has 0 saturated carbocycles. The number of hydrogen-bond acceptors (Lipinski definition) is 5. The summed E-state index contributed by atoms with van der Waals surface area (Å²) in [6, 6.07) is 9.41. The Hall–Kier alpha value is -2.27. The number of thiophene rings is 1. The minimum atomic E-state index is 0.180. The molecule has 0 unspecified atom stereocenters. The van der Waals surface area contributed by atoms with Crippen molar-refractivity contribution in [1.82, 2.24) is 4.98 Å². The van der Waals surface area contributed by atoms with Crippen molar-refractivity contribution in [1.29, 1.82) is 0 Å². The lowest BCUT2D eigenvalue weighted by Crippen LogP contribution is -2.00. The molecule has 1 aromatic carbocycles. The van der Waals surface area contributed by atoms with E-state index in [0.29, 0.717) is 12.3 Å². The van der Waals surface area contributed by atoms with Gasteiger partial charge in [0.05, 0.1) is 23.0 Å². The molecule has 0 radical (unpaired) electrons. The van der Waals surface area contributed by atoms with Gasteiger partial charge in [0.25, 0.3) is 0 Å². The molecule has 3 aromatic rings. The Labute approximate surface area is 120 Å². The predicted octanol–water partition coefficient (Wildman–Crippen LogP) is 3.62. The summed E-state index contributed by atoms with van der Waals surface area (Å²) in [6.07, 6.45) is 1.78. The van der Waals surface area contributed by atoms with E-state index in [-0.39, 0.29) is 5.75 Å². The van der Waals surface area contributed by atoms with Crippen LogP contribution in [0, 0.1) is 0 Å². The topological polar surface area (TPSA) is 54.4 Å². The minimum absolute atomic E-state index is 0.180. The van der Waals surface area contributed by atoms with Crippen molar-refractivity contribution in [3.8, 4) is 11.5 Å². The molecule has 0 aliphatic carbocycles. The number of methoxy groups -OCH3 is 1. The van der Waals surface area contributed by atoms with Gasteiger partial charge in [-0.15, -0.1) is 11.3 Å². The van der Waals surface area contributed by atoms with Gasteiger partial charge in [-0.1, -0.05) is 12.1 Å². The van der Waals surface area contributed by atoms with Crippen molar-refractivity contribution in [3.05, 3.63) is 47.5 Å². The summed E-state index contributed by atoms with van der Waals surface area (Å²) in [5, 5.41) is 15.4. The van der Waals surface area contributed by atoms with Crippen molar-refractivity contribution < 1.29 is 9.84 Å². The number of phenols is 1. The molecule has 0 spiro atoms. The summed E-state index contributed by atoms with van der Waals surface area (Å²) in [5.74, 6) is 0.666. The summed E-state index contributed by atoms with van der Waals surface area (Å²) in [4.78, 5) is 4.30. The standard InChI is InChI=1S/C15H14N2O2S/c1-19-13-4-2-3-10(14(13)18)9-17-11-5-7-16-12-6-8-20-15(11)12/h2-8,18H,9H2,1H3,(H,16,17). The van der Waals surface area contributed by atoms with Gasteiger partial charge in [-0.3, -0.25) is 4.98 Å². The number of hydrogen-bond donors (Lipinski definition) is 2. The van der Waals surface area contributed by atoms with E-state index in [0.717, 1.165) is 21.5 Å². The maximum atomic E-state index is 10.1. The molecule has 102 valence electrons. The van der Waals surface area contributed by atoms with Crippen LogP contribution in [0.4, 0.5) is 5.69 Å². The van der Waals surface area contributed by atoms with Crippen LogP contribution in [0.1, 0.15) is 5.56 Å². The fourth-order valence-electron chi connectivity index (χ4n) is 2.08. The predicted molar refractivity (Wildman–Crippen MR) is 81.6 cm³/mol. The van der Waals surface area contributed by atoms with Crippen LogP contribution >= 0.6 is 11.3 Å². The third-order valence-corrected chi connectivity index (χ3v) is 4.05. The van der Waals surface area contributed by atoms with Crippen LogP contribution in [0.5, 0.6) is 11.5 Å². The van der Waals surface area contributed by atoms with Gasteiger partial charge in [0.1, 0.15) is 0 Å². The number of benzene rings is 1. The zero-order valence-corrected chi connectivity index (χ0v) is 11.8. The van der Waals surface area contributed by atoms with Crippen LogP contribution in [0.3, 0.4) is 0 Å². The van der Waals surface area contributed by atoms with Crippen LogP contribution < -0.4 is 10.1 Å². The van der Waals surface area contributed by atoms with Gasteiger partial charge in [-0.25, -0.2) is 0 Å². The first-order chi connectivity index (χ1) is 9.79. The van der Waals surface area contributed by atoms with Crippen molar-refractivity contribution >= 4 is 27.2 Å². The van der Waals surface area contributed by atoms with E-state index >= 15 is 0 Å². The number of fused-ring (bicyclic) bond motifs is 1. The number of aromatic nitrogens is 1. The Morgan fingerprint density at radius 1 is 1.30 bits per heavy atom. The Bertz CT molecular complexity index is 740. The zero-order chi connectivity index (χ0) is 13.9. The van der Waals surface area contributed by atoms with E-state index in [1.54, 1.807) is 30.7 Å². The van der Waals surface area contributed by atoms with Crippen molar-refractivity contribution in [2.45, 2.75) is 6.54 Å². The summed E-state index contributed by atoms with van der Waals surface area (Å²) >= 11 is 1.65. The minimum Gasteiger partial charge on any atom is -0.504 e. The Morgan fingerprint density at radius 3 is 3.05 bits per heavy atom. The SMILES string of the molecule is COc1cccc(CNc2ccnc3ccsc23)c1O. The van der Waals surface area contributed by atoms with Gasteiger partial charge in [0, 0.05) is 18.3 Å². The Kier molecular flexibility index (Phi) is 3.43. The number of pyridine rings is 1. The fraction of sp³-hybridized carbons (Fsp3) is 0.133. The van der Waals surface area contributed by atoms with E-state index in [4.69, 9.17) is 4.74 Å². The number of para-hydroxylation sites is 1. The van der Waals surface area contributed by atoms with Crippen LogP contribution in [-0.2, 0) is 6.54 Å². The number of ether oxygens (including phenoxy) is 1. The number of phenolic OH excluding ortho intramolecular Hbond substituents is 1. The molecule has 2 aromatic heterocycles. The molecule has 4 nitrogen and oxygen atoms in total. The van der Waals surface area contributed by atoms with E-state index < -0.39 is 0 Å². The number of nitrogens with one attached hydrogen (secondary N) is 1. The average Bonchev–Trinajstić information content (AvgIpc) is 2.95. The molecule has 2 heterocycles. The normalized spacial score (nSPS) is 10.7. The van der Waals surface area contributed by atoms with Gasteiger partial charge < -0.3 is 15.2 Å². The highest BCUT2D eigenvalue weighted by Gasteiger charge is 2.08. The molecule has 0 amide bonds. The lowest BCUT2D eigenvalue weighted by molar-refractivity contribution is 0.371. The number of aromatic hydroxyl groups is 1. The lowest BCUT2D eigenvalue weighted by Gasteiger charge is -2.11. The molecule has 2 N–H and O–H groups in total. The third-order valence-electron chi connectivity index (χ3n) is 3.12. The maximum Gasteiger partial charge on any atom is 0.162 e. The number of nitrogens with zero attached hydrogens (tertiary/aromatic N) is 1. The second kappa shape index (κ2) is 5.38. The van der Waals surface area contributed by atoms with E-state index in [9.17, 15) is 5.11 Å². The van der Waals surface area contributed by atoms with Crippen LogP contribution in [-0.4, -0.2) is 17.2 Å². The van der Waals surface area contributed by atoms with Gasteiger partial charge >= 0.3 is 0 Å². The lowest BCUT2D eigenvalue weighted by atomic mass is 10.2. The highest BCUT2D eigenvalue weighted by atomic mass is 32.1. The first-order valence-corrected chi connectivity index (χ1v) is 7.08. The first-order valence-electron chi connectivity index (χ1n) is 6.20. The van der Waals surface area contributed by atoms with Crippen LogP contribution in [0.2, 0.25) is 0 Å². The van der Waals surface area contributed by atoms with E-state index in [1.165, 1.54) is 0 Å². The third kappa shape index (κ3) is 2.28. The summed E-state index contributed by atoms with van der Waals surface area (Å²) in [6.45, 7) is 0.528. The molecule has 0 saturated heterocycles. The van der Waals surface area contributed by atoms with Crippen LogP contribution in [0.25, 0.3) is 10.2 Å². The molecule has 3 rings (SSSR count). The molecule has 0 atom stereocenters. The van der Waals surface area contributed by atoms with Gasteiger partial charge in [0.15, 0.2) is 11.5 Å². The first kappa shape index (κ1) is 12.7. The van der Waals surface area contributed by atoms with Gasteiger partial charge in [0.2, 0.25) is 0 Å². The van der Waals surface area contributed by atoms with Crippen molar-refractivity contribution in [3.63, 3.8) is 0 Å². The second-order valence-corrected chi connectivity index (χ2v) is 5.23. The summed E-state index contributed by atoms with van der Waals surface area (Å²) in [7, 11) is 1.55. The molecule has 20 heavy (non-hydrogen) atoms. The smallest absolute Gasteiger partial charge is 0.162 e. The molecular formula is C15H14N2O2S. The fourth-order valence-corrected chi connectivity index (χ4v) is 2.92. The second-order valence-electron chi connectivity index (χ2n) is 4.32. The average molecular weight is 286 g/mol. The monoisotopic (exact) mass is 286 g/mol. The van der Waals surface area contributed by atoms with Crippen molar-refractivity contribution in [2.24, 2.45) is 0 Å². The summed E-state index contributed by atoms with van der Waals surface area (Å²) < 4.78 is 6.23. The zero-order valence-electron chi connectivity index (χ0n) is 11.0. The molecule has 0 bridgehead atoms. The van der Waals surface area contributed by atoms with Gasteiger partial charge in [-0.05, 0) is 23.6 Å². The van der Waals surface area contributed by atoms with Gasteiger partial charge in [-0.2, -0.15) is 0 Å². The largest absolute Gasteiger partial charge is 0.504 e. The quantitative estimate of drug-likeness (QED) is 0.769. The molecule has 0 aliphatic heterocycles.